The number of aromatic carboxylic acids is 1. The van der Waals surface area contributed by atoms with Gasteiger partial charge in [-0.15, -0.1) is 0 Å². The van der Waals surface area contributed by atoms with Gasteiger partial charge in [-0.2, -0.15) is 13.2 Å². The predicted molar refractivity (Wildman–Crippen MR) is 74.7 cm³/mol. The maximum absolute atomic E-state index is 12.9. The van der Waals surface area contributed by atoms with Crippen LogP contribution in [0, 0.1) is 0 Å². The highest BCUT2D eigenvalue weighted by molar-refractivity contribution is 5.97. The Bertz CT molecular complexity index is 875. The molecular weight excluding hydrogens is 297 g/mol. The maximum Gasteiger partial charge on any atom is 0.416 e. The number of hydrogen-bond acceptors (Lipinski definition) is 1. The quantitative estimate of drug-likeness (QED) is 0.754. The molecule has 0 spiro atoms. The zero-order valence-electron chi connectivity index (χ0n) is 11.4. The average molecular weight is 308 g/mol. The number of carboxylic acid groups (broad SMARTS) is 1. The van der Waals surface area contributed by atoms with Crippen LogP contribution in [-0.4, -0.2) is 20.6 Å². The van der Waals surface area contributed by atoms with Crippen LogP contribution in [0.4, 0.5) is 13.2 Å². The van der Waals surface area contributed by atoms with Crippen molar-refractivity contribution < 1.29 is 23.1 Å². The number of H-pyrrole nitrogens is 1. The smallest absolute Gasteiger partial charge is 0.416 e. The summed E-state index contributed by atoms with van der Waals surface area (Å²) in [7, 11) is 1.72. The molecule has 2 heterocycles. The van der Waals surface area contributed by atoms with E-state index in [9.17, 15) is 18.0 Å². The molecule has 0 fully saturated rings. The second kappa shape index (κ2) is 4.66. The number of aromatic amines is 1. The lowest BCUT2D eigenvalue weighted by Gasteiger charge is -2.07. The first-order valence-electron chi connectivity index (χ1n) is 6.36. The fraction of sp³-hybridized carbons (Fsp3) is 0.133. The highest BCUT2D eigenvalue weighted by atomic mass is 19.4. The van der Waals surface area contributed by atoms with E-state index in [4.69, 9.17) is 5.11 Å². The lowest BCUT2D eigenvalue weighted by Crippen LogP contribution is -2.04. The summed E-state index contributed by atoms with van der Waals surface area (Å²) in [5.41, 5.74) is 0.865. The molecule has 3 rings (SSSR count). The fourth-order valence-electron chi connectivity index (χ4n) is 2.46. The van der Waals surface area contributed by atoms with E-state index in [1.807, 2.05) is 0 Å². The van der Waals surface area contributed by atoms with Gasteiger partial charge in [0.05, 0.1) is 5.56 Å². The molecule has 2 N–H and O–H groups in total. The van der Waals surface area contributed by atoms with E-state index in [0.29, 0.717) is 22.2 Å². The molecule has 0 aliphatic carbocycles. The van der Waals surface area contributed by atoms with E-state index in [1.54, 1.807) is 23.9 Å². The van der Waals surface area contributed by atoms with Gasteiger partial charge in [0.25, 0.3) is 0 Å². The Hall–Kier alpha value is -2.70. The third kappa shape index (κ3) is 2.24. The number of aryl methyl sites for hydroxylation is 1. The van der Waals surface area contributed by atoms with Crippen molar-refractivity contribution in [3.8, 4) is 11.3 Å². The molecule has 1 aromatic carbocycles. The van der Waals surface area contributed by atoms with Crippen LogP contribution in [0.2, 0.25) is 0 Å². The van der Waals surface area contributed by atoms with Crippen LogP contribution in [0.3, 0.4) is 0 Å². The summed E-state index contributed by atoms with van der Waals surface area (Å²) in [5.74, 6) is -1.12. The number of halogens is 3. The van der Waals surface area contributed by atoms with Gasteiger partial charge >= 0.3 is 12.1 Å². The highest BCUT2D eigenvalue weighted by Gasteiger charge is 2.31. The Morgan fingerprint density at radius 2 is 1.95 bits per heavy atom. The normalized spacial score (nSPS) is 12.0. The number of carboxylic acids is 1. The van der Waals surface area contributed by atoms with Gasteiger partial charge in [0.15, 0.2) is 0 Å². The van der Waals surface area contributed by atoms with E-state index >= 15 is 0 Å². The summed E-state index contributed by atoms with van der Waals surface area (Å²) in [5, 5.41) is 9.34. The Kier molecular flexibility index (Phi) is 3.01. The molecule has 3 aromatic rings. The summed E-state index contributed by atoms with van der Waals surface area (Å²) in [6.45, 7) is 0. The van der Waals surface area contributed by atoms with Crippen molar-refractivity contribution in [2.24, 2.45) is 7.05 Å². The van der Waals surface area contributed by atoms with Gasteiger partial charge in [0.1, 0.15) is 5.69 Å². The van der Waals surface area contributed by atoms with Crippen molar-refractivity contribution in [1.29, 1.82) is 0 Å². The molecule has 0 saturated carbocycles. The second-order valence-corrected chi connectivity index (χ2v) is 4.97. The van der Waals surface area contributed by atoms with Crippen LogP contribution in [0.1, 0.15) is 16.1 Å². The minimum atomic E-state index is -4.43. The van der Waals surface area contributed by atoms with E-state index in [1.165, 1.54) is 12.1 Å². The Balaban J connectivity index is 2.22. The number of nitrogens with one attached hydrogen (secondary N) is 1. The summed E-state index contributed by atoms with van der Waals surface area (Å²) in [6, 6.07) is 6.43. The molecule has 7 heteroatoms. The molecule has 0 saturated heterocycles. The number of hydrogen-bond donors (Lipinski definition) is 2. The fourth-order valence-corrected chi connectivity index (χ4v) is 2.46. The topological polar surface area (TPSA) is 58.0 Å². The third-order valence-corrected chi connectivity index (χ3v) is 3.52. The zero-order valence-corrected chi connectivity index (χ0v) is 11.4. The van der Waals surface area contributed by atoms with Gasteiger partial charge < -0.3 is 14.7 Å². The minimum absolute atomic E-state index is 0.0148. The highest BCUT2D eigenvalue weighted by Crippen LogP contribution is 2.35. The van der Waals surface area contributed by atoms with Crippen LogP contribution in [-0.2, 0) is 13.2 Å². The summed E-state index contributed by atoms with van der Waals surface area (Å²) in [6.07, 6.45) is -2.76. The standard InChI is InChI=1S/C15H11F3N2O2/c1-20-7-10(11-3-4-12(19-11)14(21)22)9-6-8(15(16,17)18)2-5-13(9)20/h2-7,19H,1H3,(H,21,22). The number of benzene rings is 1. The largest absolute Gasteiger partial charge is 0.477 e. The van der Waals surface area contributed by atoms with Crippen LogP contribution >= 0.6 is 0 Å². The molecule has 0 aliphatic rings. The molecule has 0 bridgehead atoms. The first kappa shape index (κ1) is 14.2. The Morgan fingerprint density at radius 1 is 1.23 bits per heavy atom. The molecule has 0 unspecified atom stereocenters. The summed E-state index contributed by atoms with van der Waals surface area (Å²) in [4.78, 5) is 13.6. The van der Waals surface area contributed by atoms with Crippen molar-refractivity contribution >= 4 is 16.9 Å². The lowest BCUT2D eigenvalue weighted by atomic mass is 10.1. The van der Waals surface area contributed by atoms with Crippen molar-refractivity contribution in [2.75, 3.05) is 0 Å². The number of rotatable bonds is 2. The van der Waals surface area contributed by atoms with Gasteiger partial charge in [-0.05, 0) is 30.3 Å². The van der Waals surface area contributed by atoms with Crippen molar-refractivity contribution in [1.82, 2.24) is 9.55 Å². The van der Waals surface area contributed by atoms with E-state index in [0.717, 1.165) is 12.1 Å². The van der Waals surface area contributed by atoms with Gasteiger partial charge in [0, 0.05) is 35.4 Å². The molecule has 0 amide bonds. The summed E-state index contributed by atoms with van der Waals surface area (Å²) < 4.78 is 40.3. The number of alkyl halides is 3. The van der Waals surface area contributed by atoms with Crippen molar-refractivity contribution in [2.45, 2.75) is 6.18 Å². The van der Waals surface area contributed by atoms with Crippen LogP contribution in [0.5, 0.6) is 0 Å². The monoisotopic (exact) mass is 308 g/mol. The number of carbonyl (C=O) groups is 1. The maximum atomic E-state index is 12.9. The predicted octanol–water partition coefficient (Wildman–Crippen LogP) is 3.89. The molecule has 22 heavy (non-hydrogen) atoms. The third-order valence-electron chi connectivity index (χ3n) is 3.52. The minimum Gasteiger partial charge on any atom is -0.477 e. The molecule has 0 radical (unpaired) electrons. The van der Waals surface area contributed by atoms with Crippen LogP contribution in [0.25, 0.3) is 22.2 Å². The molecule has 114 valence electrons. The average Bonchev–Trinajstić information content (AvgIpc) is 3.03. The second-order valence-electron chi connectivity index (χ2n) is 4.97. The van der Waals surface area contributed by atoms with Gasteiger partial charge in [-0.25, -0.2) is 4.79 Å². The number of aromatic nitrogens is 2. The van der Waals surface area contributed by atoms with Gasteiger partial charge in [-0.1, -0.05) is 0 Å². The Labute approximate surface area is 122 Å². The first-order valence-corrected chi connectivity index (χ1v) is 6.36. The molecule has 2 aromatic heterocycles. The molecular formula is C15H11F3N2O2. The number of nitrogens with zero attached hydrogens (tertiary/aromatic N) is 1. The van der Waals surface area contributed by atoms with Crippen molar-refractivity contribution in [3.63, 3.8) is 0 Å². The van der Waals surface area contributed by atoms with Crippen molar-refractivity contribution in [3.05, 3.63) is 47.8 Å². The number of fused-ring (bicyclic) bond motifs is 1. The lowest BCUT2D eigenvalue weighted by molar-refractivity contribution is -0.137. The van der Waals surface area contributed by atoms with E-state index in [2.05, 4.69) is 4.98 Å². The van der Waals surface area contributed by atoms with Gasteiger partial charge in [-0.3, -0.25) is 0 Å². The van der Waals surface area contributed by atoms with Crippen LogP contribution in [0.15, 0.2) is 36.5 Å². The molecule has 4 nitrogen and oxygen atoms in total. The Morgan fingerprint density at radius 3 is 2.55 bits per heavy atom. The first-order chi connectivity index (χ1) is 10.3. The SMILES string of the molecule is Cn1cc(-c2ccc(C(=O)O)[nH]2)c2cc(C(F)(F)F)ccc21. The van der Waals surface area contributed by atoms with E-state index in [-0.39, 0.29) is 5.69 Å². The zero-order chi connectivity index (χ0) is 16.1. The van der Waals surface area contributed by atoms with Gasteiger partial charge in [0.2, 0.25) is 0 Å². The summed E-state index contributed by atoms with van der Waals surface area (Å²) >= 11 is 0. The van der Waals surface area contributed by atoms with E-state index < -0.39 is 17.7 Å². The molecule has 0 atom stereocenters. The molecule has 0 aliphatic heterocycles. The van der Waals surface area contributed by atoms with Crippen LogP contribution < -0.4 is 0 Å².